The first-order chi connectivity index (χ1) is 16.9. The van der Waals surface area contributed by atoms with Crippen LogP contribution in [0, 0.1) is 23.2 Å². The summed E-state index contributed by atoms with van der Waals surface area (Å²) in [4.78, 5) is 26.5. The van der Waals surface area contributed by atoms with E-state index >= 15 is 0 Å². The normalized spacial score (nSPS) is 14.9. The van der Waals surface area contributed by atoms with Crippen molar-refractivity contribution < 1.29 is 14.7 Å². The van der Waals surface area contributed by atoms with Crippen molar-refractivity contribution in [1.82, 2.24) is 4.90 Å². The molecule has 1 heterocycles. The summed E-state index contributed by atoms with van der Waals surface area (Å²) in [6.07, 6.45) is 0.900. The van der Waals surface area contributed by atoms with Crippen LogP contribution in [0.4, 0.5) is 0 Å². The van der Waals surface area contributed by atoms with Gasteiger partial charge in [0.1, 0.15) is 5.84 Å². The molecule has 0 aliphatic carbocycles. The number of fused-ring (bicyclic) bond motifs is 1. The maximum Gasteiger partial charge on any atom is 0.304 e. The summed E-state index contributed by atoms with van der Waals surface area (Å²) in [5.74, 6) is 4.59. The van der Waals surface area contributed by atoms with Crippen LogP contribution >= 0.6 is 0 Å². The summed E-state index contributed by atoms with van der Waals surface area (Å²) in [5.41, 5.74) is 10.9. The number of nitrogens with two attached hydrogens (primary N) is 1. The van der Waals surface area contributed by atoms with Crippen molar-refractivity contribution in [2.45, 2.75) is 25.8 Å². The number of nitrogens with zero attached hydrogens (tertiary/aromatic N) is 1. The third-order valence-corrected chi connectivity index (χ3v) is 6.18. The number of rotatable bonds is 6. The molecule has 3 aromatic carbocycles. The number of carbonyl (C=O) groups is 2. The Balaban J connectivity index is 1.57. The number of carbonyl (C=O) groups excluding carboxylic acids is 1. The predicted molar refractivity (Wildman–Crippen MR) is 135 cm³/mol. The lowest BCUT2D eigenvalue weighted by atomic mass is 9.93. The molecule has 0 fully saturated rings. The molecule has 6 heteroatoms. The van der Waals surface area contributed by atoms with Gasteiger partial charge in [0.05, 0.1) is 12.3 Å². The second-order valence-corrected chi connectivity index (χ2v) is 8.72. The number of carboxylic acids is 1. The van der Waals surface area contributed by atoms with Gasteiger partial charge in [-0.25, -0.2) is 0 Å². The Morgan fingerprint density at radius 1 is 1.00 bits per heavy atom. The Bertz CT molecular complexity index is 1300. The van der Waals surface area contributed by atoms with E-state index in [-0.39, 0.29) is 18.2 Å². The van der Waals surface area contributed by atoms with Crippen LogP contribution in [0.1, 0.15) is 39.8 Å². The zero-order chi connectivity index (χ0) is 24.8. The van der Waals surface area contributed by atoms with Gasteiger partial charge in [-0.15, -0.1) is 0 Å². The number of aliphatic carboxylic acids is 1. The molecular weight excluding hydrogens is 438 g/mol. The van der Waals surface area contributed by atoms with Crippen molar-refractivity contribution in [3.8, 4) is 11.8 Å². The molecule has 1 unspecified atom stereocenters. The number of carboxylic acid groups (broad SMARTS) is 1. The van der Waals surface area contributed by atoms with Gasteiger partial charge in [-0.05, 0) is 53.8 Å². The second-order valence-electron chi connectivity index (χ2n) is 8.72. The zero-order valence-corrected chi connectivity index (χ0v) is 19.3. The minimum absolute atomic E-state index is 0.0125. The highest BCUT2D eigenvalue weighted by Crippen LogP contribution is 2.26. The Kier molecular flexibility index (Phi) is 7.27. The molecule has 1 aliphatic heterocycles. The van der Waals surface area contributed by atoms with E-state index < -0.39 is 11.9 Å². The number of nitrogen functional groups attached to an aromatic ring is 1. The highest BCUT2D eigenvalue weighted by Gasteiger charge is 2.31. The zero-order valence-electron chi connectivity index (χ0n) is 19.3. The second kappa shape index (κ2) is 10.7. The lowest BCUT2D eigenvalue weighted by molar-refractivity contribution is -0.144. The van der Waals surface area contributed by atoms with E-state index in [1.807, 2.05) is 60.7 Å². The van der Waals surface area contributed by atoms with Crippen LogP contribution < -0.4 is 5.73 Å². The van der Waals surface area contributed by atoms with Crippen LogP contribution in [-0.4, -0.2) is 34.3 Å². The van der Waals surface area contributed by atoms with Gasteiger partial charge >= 0.3 is 5.97 Å². The van der Waals surface area contributed by atoms with Gasteiger partial charge in [0.25, 0.3) is 0 Å². The number of hydrogen-bond acceptors (Lipinski definition) is 3. The number of benzene rings is 3. The standard InChI is InChI=1S/C29H27N3O3/c30-28(31)23-11-8-21(9-12-23)6-7-22-10-13-24-19-32(15-14-20-4-2-1-3-5-20)29(35)26(18-27(33)34)17-25(24)16-22/h1-5,8-13,16,26H,14-15,17-19H2,(H3,30,31)(H,33,34). The molecule has 0 bridgehead atoms. The molecule has 4 N–H and O–H groups in total. The van der Waals surface area contributed by atoms with E-state index in [2.05, 4.69) is 11.8 Å². The van der Waals surface area contributed by atoms with Crippen molar-refractivity contribution in [2.24, 2.45) is 11.7 Å². The first-order valence-corrected chi connectivity index (χ1v) is 11.5. The van der Waals surface area contributed by atoms with Crippen molar-refractivity contribution in [3.05, 3.63) is 106 Å². The number of hydrogen-bond donors (Lipinski definition) is 3. The van der Waals surface area contributed by atoms with Crippen LogP contribution in [0.5, 0.6) is 0 Å². The predicted octanol–water partition coefficient (Wildman–Crippen LogP) is 3.59. The molecule has 6 nitrogen and oxygen atoms in total. The lowest BCUT2D eigenvalue weighted by Crippen LogP contribution is -2.37. The molecule has 1 amide bonds. The fourth-order valence-electron chi connectivity index (χ4n) is 4.29. The van der Waals surface area contributed by atoms with Crippen molar-refractivity contribution in [2.75, 3.05) is 6.54 Å². The van der Waals surface area contributed by atoms with Gasteiger partial charge in [0, 0.05) is 29.8 Å². The van der Waals surface area contributed by atoms with Crippen LogP contribution in [0.15, 0.2) is 72.8 Å². The number of amidine groups is 1. The van der Waals surface area contributed by atoms with Crippen molar-refractivity contribution in [3.63, 3.8) is 0 Å². The third-order valence-electron chi connectivity index (χ3n) is 6.18. The Morgan fingerprint density at radius 3 is 2.37 bits per heavy atom. The first-order valence-electron chi connectivity index (χ1n) is 11.5. The van der Waals surface area contributed by atoms with E-state index in [0.717, 1.165) is 27.8 Å². The molecular formula is C29H27N3O3. The Labute approximate surface area is 204 Å². The summed E-state index contributed by atoms with van der Waals surface area (Å²) >= 11 is 0. The highest BCUT2D eigenvalue weighted by molar-refractivity contribution is 5.95. The summed E-state index contributed by atoms with van der Waals surface area (Å²) in [6, 6.07) is 23.0. The van der Waals surface area contributed by atoms with Crippen LogP contribution in [0.25, 0.3) is 0 Å². The number of nitrogens with one attached hydrogen (secondary N) is 1. The van der Waals surface area contributed by atoms with E-state index in [0.29, 0.717) is 31.5 Å². The maximum atomic E-state index is 13.3. The monoisotopic (exact) mass is 465 g/mol. The SMILES string of the molecule is N=C(N)c1ccc(C#Cc2ccc3c(c2)CC(CC(=O)O)C(=O)N(CCc2ccccc2)C3)cc1. The third kappa shape index (κ3) is 6.15. The largest absolute Gasteiger partial charge is 0.481 e. The van der Waals surface area contributed by atoms with Gasteiger partial charge in [-0.2, -0.15) is 0 Å². The average molecular weight is 466 g/mol. The van der Waals surface area contributed by atoms with E-state index in [1.54, 1.807) is 17.0 Å². The van der Waals surface area contributed by atoms with Crippen molar-refractivity contribution >= 4 is 17.7 Å². The molecule has 35 heavy (non-hydrogen) atoms. The Hall–Kier alpha value is -4.37. The average Bonchev–Trinajstić information content (AvgIpc) is 2.98. The first kappa shape index (κ1) is 23.8. The molecule has 176 valence electrons. The molecule has 0 radical (unpaired) electrons. The maximum absolute atomic E-state index is 13.3. The van der Waals surface area contributed by atoms with Gasteiger partial charge in [-0.3, -0.25) is 15.0 Å². The highest BCUT2D eigenvalue weighted by atomic mass is 16.4. The summed E-state index contributed by atoms with van der Waals surface area (Å²) in [6.45, 7) is 0.994. The van der Waals surface area contributed by atoms with Gasteiger partial charge in [-0.1, -0.05) is 60.4 Å². The fraction of sp³-hybridized carbons (Fsp3) is 0.207. The molecule has 0 saturated carbocycles. The summed E-state index contributed by atoms with van der Waals surface area (Å²) < 4.78 is 0. The molecule has 4 rings (SSSR count). The van der Waals surface area contributed by atoms with E-state index in [1.165, 1.54) is 0 Å². The molecule has 1 aliphatic rings. The molecule has 0 aromatic heterocycles. The summed E-state index contributed by atoms with van der Waals surface area (Å²) in [7, 11) is 0. The van der Waals surface area contributed by atoms with Crippen LogP contribution in [0.3, 0.4) is 0 Å². The van der Waals surface area contributed by atoms with Crippen molar-refractivity contribution in [1.29, 1.82) is 5.41 Å². The molecule has 0 saturated heterocycles. The number of amides is 1. The topological polar surface area (TPSA) is 107 Å². The lowest BCUT2D eigenvalue weighted by Gasteiger charge is -2.24. The van der Waals surface area contributed by atoms with Crippen LogP contribution in [-0.2, 0) is 29.0 Å². The molecule has 3 aromatic rings. The molecule has 1 atom stereocenters. The minimum Gasteiger partial charge on any atom is -0.481 e. The van der Waals surface area contributed by atoms with Gasteiger partial charge in [0.15, 0.2) is 0 Å². The Morgan fingerprint density at radius 2 is 1.69 bits per heavy atom. The van der Waals surface area contributed by atoms with Crippen LogP contribution in [0.2, 0.25) is 0 Å². The molecule has 0 spiro atoms. The summed E-state index contributed by atoms with van der Waals surface area (Å²) in [5, 5.41) is 16.9. The smallest absolute Gasteiger partial charge is 0.304 e. The quantitative estimate of drug-likeness (QED) is 0.294. The van der Waals surface area contributed by atoms with E-state index in [9.17, 15) is 14.7 Å². The fourth-order valence-corrected chi connectivity index (χ4v) is 4.29. The van der Waals surface area contributed by atoms with Gasteiger partial charge < -0.3 is 15.7 Å². The van der Waals surface area contributed by atoms with E-state index in [4.69, 9.17) is 11.1 Å². The van der Waals surface area contributed by atoms with Gasteiger partial charge in [0.2, 0.25) is 5.91 Å². The minimum atomic E-state index is -0.972.